The zero-order chi connectivity index (χ0) is 8.36. The first-order valence-corrected chi connectivity index (χ1v) is 4.40. The van der Waals surface area contributed by atoms with Crippen LogP contribution in [0.3, 0.4) is 0 Å². The van der Waals surface area contributed by atoms with E-state index in [9.17, 15) is 0 Å². The van der Waals surface area contributed by atoms with Crippen molar-refractivity contribution in [3.8, 4) is 0 Å². The van der Waals surface area contributed by atoms with Gasteiger partial charge in [0.2, 0.25) is 0 Å². The molecule has 4 nitrogen and oxygen atoms in total. The van der Waals surface area contributed by atoms with Crippen molar-refractivity contribution in [1.29, 1.82) is 0 Å². The van der Waals surface area contributed by atoms with Crippen LogP contribution in [0.2, 0.25) is 0 Å². The Bertz CT molecular complexity index is 63.6. The summed E-state index contributed by atoms with van der Waals surface area (Å²) in [5, 5.41) is 6.43. The maximum absolute atomic E-state index is 5.29. The van der Waals surface area contributed by atoms with Gasteiger partial charge in [-0.25, -0.2) is 0 Å². The van der Waals surface area contributed by atoms with Crippen LogP contribution in [0.1, 0.15) is 0 Å². The summed E-state index contributed by atoms with van der Waals surface area (Å²) in [6.07, 6.45) is 0. The Balaban J connectivity index is 2.69. The predicted octanol–water partition coefficient (Wildman–Crippen LogP) is -1.82. The molecular weight excluding hydrogens is 184 g/mol. The minimum absolute atomic E-state index is 0.709. The average Bonchev–Trinajstić information content (AvgIpc) is 2.03. The van der Waals surface area contributed by atoms with Crippen LogP contribution in [0.5, 0.6) is 0 Å². The third kappa shape index (κ3) is 10.4. The van der Waals surface area contributed by atoms with Gasteiger partial charge in [-0.05, 0) is 0 Å². The zero-order valence-corrected chi connectivity index (χ0v) is 7.78. The van der Waals surface area contributed by atoms with Crippen molar-refractivity contribution in [1.82, 2.24) is 15.0 Å². The number of nitrogens with two attached hydrogens (primary N) is 1. The average molecular weight is 201 g/mol. The second kappa shape index (κ2) is 10.4. The summed E-state index contributed by atoms with van der Waals surface area (Å²) >= 11 is 3.51. The van der Waals surface area contributed by atoms with E-state index >= 15 is 0 Å². The van der Waals surface area contributed by atoms with Crippen LogP contribution in [0, 0.1) is 0 Å². The Labute approximate surface area is 76.7 Å². The van der Waals surface area contributed by atoms with Crippen LogP contribution in [0.4, 0.5) is 0 Å². The first-order valence-electron chi connectivity index (χ1n) is 3.85. The molecule has 0 rings (SSSR count). The number of nitrogens with one attached hydrogen (secondary N) is 3. The molecule has 69 valence electrons. The third-order valence-electron chi connectivity index (χ3n) is 1.19. The topological polar surface area (TPSA) is 62.1 Å². The molecule has 0 fully saturated rings. The van der Waals surface area contributed by atoms with E-state index in [0.717, 1.165) is 32.7 Å². The third-order valence-corrected chi connectivity index (χ3v) is 1.47. The van der Waals surface area contributed by atoms with Gasteiger partial charge in [0.05, 0.1) is 0 Å². The van der Waals surface area contributed by atoms with Crippen LogP contribution in [0.15, 0.2) is 0 Å². The van der Waals surface area contributed by atoms with Gasteiger partial charge >= 0.3 is 76.2 Å². The van der Waals surface area contributed by atoms with Crippen molar-refractivity contribution in [3.63, 3.8) is 0 Å². The van der Waals surface area contributed by atoms with Crippen molar-refractivity contribution < 1.29 is 16.2 Å². The van der Waals surface area contributed by atoms with E-state index < -0.39 is 0 Å². The molecule has 0 bridgehead atoms. The Morgan fingerprint density at radius 3 is 2.00 bits per heavy atom. The molecule has 0 aromatic carbocycles. The van der Waals surface area contributed by atoms with Gasteiger partial charge in [-0.2, -0.15) is 0 Å². The van der Waals surface area contributed by atoms with Crippen LogP contribution >= 0.6 is 0 Å². The molecule has 0 radical (unpaired) electrons. The predicted molar refractivity (Wildman–Crippen MR) is 42.8 cm³/mol. The number of rotatable bonds is 8. The van der Waals surface area contributed by atoms with Crippen LogP contribution in [0.25, 0.3) is 0 Å². The van der Waals surface area contributed by atoms with E-state index in [-0.39, 0.29) is 0 Å². The summed E-state index contributed by atoms with van der Waals surface area (Å²) in [7, 11) is 0. The second-order valence-electron chi connectivity index (χ2n) is 2.16. The van der Waals surface area contributed by atoms with E-state index in [1.165, 1.54) is 0 Å². The fraction of sp³-hybridized carbons (Fsp3) is 1.00. The molecule has 0 spiro atoms. The minimum atomic E-state index is 0.709. The van der Waals surface area contributed by atoms with Gasteiger partial charge in [-0.15, -0.1) is 0 Å². The van der Waals surface area contributed by atoms with Crippen LogP contribution in [-0.2, 0) is 16.2 Å². The van der Waals surface area contributed by atoms with Crippen molar-refractivity contribution >= 4 is 0 Å². The maximum atomic E-state index is 5.29. The summed E-state index contributed by atoms with van der Waals surface area (Å²) in [5.41, 5.74) is 5.29. The summed E-state index contributed by atoms with van der Waals surface area (Å²) in [6.45, 7) is 5.45. The molecular formula is C6H17FeN4. The van der Waals surface area contributed by atoms with E-state index in [0.29, 0.717) is 6.54 Å². The fourth-order valence-electron chi connectivity index (χ4n) is 0.661. The van der Waals surface area contributed by atoms with Crippen LogP contribution < -0.4 is 20.7 Å². The van der Waals surface area contributed by atoms with Gasteiger partial charge in [-0.3, -0.25) is 0 Å². The Hall–Kier alpha value is 0.359. The van der Waals surface area contributed by atoms with Gasteiger partial charge in [0.25, 0.3) is 0 Å². The van der Waals surface area contributed by atoms with Gasteiger partial charge in [-0.1, -0.05) is 0 Å². The molecule has 5 heteroatoms. The van der Waals surface area contributed by atoms with E-state index in [1.54, 1.807) is 0 Å². The van der Waals surface area contributed by atoms with Crippen molar-refractivity contribution in [2.45, 2.75) is 0 Å². The molecule has 0 aliphatic heterocycles. The summed E-state index contributed by atoms with van der Waals surface area (Å²) in [4.78, 5) is 0. The molecule has 0 heterocycles. The summed E-state index contributed by atoms with van der Waals surface area (Å²) in [6, 6.07) is 0. The molecule has 0 aliphatic rings. The molecule has 0 aromatic heterocycles. The monoisotopic (exact) mass is 201 g/mol. The summed E-state index contributed by atoms with van der Waals surface area (Å²) in [5.74, 6) is 0. The molecule has 11 heavy (non-hydrogen) atoms. The van der Waals surface area contributed by atoms with Gasteiger partial charge in [0.1, 0.15) is 0 Å². The normalized spacial score (nSPS) is 10.4. The van der Waals surface area contributed by atoms with Gasteiger partial charge in [0, 0.05) is 0 Å². The fourth-order valence-corrected chi connectivity index (χ4v) is 0.799. The van der Waals surface area contributed by atoms with E-state index in [2.05, 4.69) is 31.2 Å². The molecule has 0 saturated heterocycles. The first kappa shape index (κ1) is 11.4. The molecule has 0 aliphatic carbocycles. The zero-order valence-electron chi connectivity index (χ0n) is 6.67. The molecule has 0 amide bonds. The van der Waals surface area contributed by atoms with Gasteiger partial charge < -0.3 is 0 Å². The second-order valence-corrected chi connectivity index (χ2v) is 2.55. The molecule has 0 aromatic rings. The standard InChI is InChI=1S/C6H17N4.Fe/c7-1-3-9-5-6-10-4-2-8;/h7,9-10H,1-6,8H2;/q-1;+1. The molecule has 0 unspecified atom stereocenters. The molecule has 0 saturated carbocycles. The first-order chi connectivity index (χ1) is 5.41. The van der Waals surface area contributed by atoms with Crippen molar-refractivity contribution in [2.24, 2.45) is 5.73 Å². The van der Waals surface area contributed by atoms with Gasteiger partial charge in [0.15, 0.2) is 0 Å². The number of hydrogen-bond donors (Lipinski definition) is 4. The van der Waals surface area contributed by atoms with E-state index in [1.807, 2.05) is 0 Å². The Morgan fingerprint density at radius 1 is 0.909 bits per heavy atom. The Kier molecular flexibility index (Phi) is 10.7. The Morgan fingerprint density at radius 2 is 1.45 bits per heavy atom. The van der Waals surface area contributed by atoms with E-state index in [4.69, 9.17) is 5.73 Å². The summed E-state index contributed by atoms with van der Waals surface area (Å²) < 4.78 is 2.82. The molecule has 0 atom stereocenters. The van der Waals surface area contributed by atoms with Crippen molar-refractivity contribution in [2.75, 3.05) is 39.3 Å². The quantitative estimate of drug-likeness (QED) is 0.276. The van der Waals surface area contributed by atoms with Crippen LogP contribution in [-0.4, -0.2) is 39.3 Å². The van der Waals surface area contributed by atoms with Crippen molar-refractivity contribution in [3.05, 3.63) is 0 Å². The molecule has 5 N–H and O–H groups in total. The SMILES string of the molecule is NCCNCCNCC[NH][Fe]. The number of hydrogen-bond acceptors (Lipinski definition) is 4.